The van der Waals surface area contributed by atoms with E-state index in [0.717, 1.165) is 10.9 Å². The van der Waals surface area contributed by atoms with Gasteiger partial charge in [-0.05, 0) is 61.0 Å². The molecule has 4 rings (SSSR count). The molecule has 0 aliphatic heterocycles. The van der Waals surface area contributed by atoms with Gasteiger partial charge in [0, 0.05) is 16.1 Å². The number of para-hydroxylation sites is 1. The Bertz CT molecular complexity index is 1280. The summed E-state index contributed by atoms with van der Waals surface area (Å²) in [6, 6.07) is 20.3. The average Bonchev–Trinajstić information content (AvgIpc) is 2.71. The van der Waals surface area contributed by atoms with E-state index in [1.54, 1.807) is 55.5 Å². The van der Waals surface area contributed by atoms with Crippen molar-refractivity contribution in [3.8, 4) is 0 Å². The molecule has 3 aromatic carbocycles. The number of hydrogen-bond acceptors (Lipinski definition) is 3. The van der Waals surface area contributed by atoms with Gasteiger partial charge >= 0.3 is 0 Å². The Balaban J connectivity index is 1.84. The van der Waals surface area contributed by atoms with Gasteiger partial charge in [0.25, 0.3) is 5.91 Å². The molecule has 1 aromatic heterocycles. The second-order valence-corrected chi connectivity index (χ2v) is 6.97. The van der Waals surface area contributed by atoms with Crippen LogP contribution < -0.4 is 10.9 Å². The number of nitrogens with zero attached hydrogens (tertiary/aromatic N) is 1. The van der Waals surface area contributed by atoms with Crippen molar-refractivity contribution in [1.82, 2.24) is 0 Å². The Hall–Kier alpha value is -3.44. The number of amides is 1. The number of halogens is 2. The summed E-state index contributed by atoms with van der Waals surface area (Å²) >= 11 is 5.89. The highest BCUT2D eigenvalue weighted by molar-refractivity contribution is 6.30. The summed E-state index contributed by atoms with van der Waals surface area (Å²) in [4.78, 5) is 17.2. The van der Waals surface area contributed by atoms with Crippen LogP contribution in [0.4, 0.5) is 15.8 Å². The molecule has 144 valence electrons. The molecule has 0 saturated carbocycles. The highest BCUT2D eigenvalue weighted by Gasteiger charge is 2.14. The van der Waals surface area contributed by atoms with Crippen molar-refractivity contribution in [2.75, 3.05) is 5.32 Å². The van der Waals surface area contributed by atoms with Gasteiger partial charge in [0.05, 0.1) is 0 Å². The Morgan fingerprint density at radius 3 is 2.55 bits per heavy atom. The van der Waals surface area contributed by atoms with Crippen LogP contribution in [0, 0.1) is 12.7 Å². The van der Waals surface area contributed by atoms with Gasteiger partial charge in [-0.3, -0.25) is 4.79 Å². The van der Waals surface area contributed by atoms with Crippen LogP contribution in [0.5, 0.6) is 0 Å². The van der Waals surface area contributed by atoms with Crippen LogP contribution in [0.2, 0.25) is 5.02 Å². The second kappa shape index (κ2) is 7.89. The molecule has 4 aromatic rings. The normalized spacial score (nSPS) is 11.6. The third-order valence-electron chi connectivity index (χ3n) is 4.33. The molecular weight excluding hydrogens is 391 g/mol. The molecule has 1 amide bonds. The lowest BCUT2D eigenvalue weighted by molar-refractivity contribution is 0.102. The fourth-order valence-corrected chi connectivity index (χ4v) is 2.98. The molecule has 6 heteroatoms. The molecule has 4 nitrogen and oxygen atoms in total. The van der Waals surface area contributed by atoms with Crippen molar-refractivity contribution in [1.29, 1.82) is 0 Å². The van der Waals surface area contributed by atoms with E-state index >= 15 is 0 Å². The van der Waals surface area contributed by atoms with E-state index in [4.69, 9.17) is 16.0 Å². The van der Waals surface area contributed by atoms with Gasteiger partial charge < -0.3 is 9.73 Å². The first-order valence-corrected chi connectivity index (χ1v) is 9.28. The van der Waals surface area contributed by atoms with E-state index in [1.165, 1.54) is 6.07 Å². The predicted octanol–water partition coefficient (Wildman–Crippen LogP) is 6.02. The molecule has 1 heterocycles. The zero-order valence-electron chi connectivity index (χ0n) is 15.4. The van der Waals surface area contributed by atoms with Crippen LogP contribution in [0.15, 0.2) is 82.2 Å². The van der Waals surface area contributed by atoms with E-state index in [1.807, 2.05) is 18.2 Å². The van der Waals surface area contributed by atoms with Crippen LogP contribution in [0.3, 0.4) is 0 Å². The minimum atomic E-state index is -0.489. The minimum absolute atomic E-state index is 0.0258. The van der Waals surface area contributed by atoms with E-state index in [9.17, 15) is 9.18 Å². The standard InChI is InChI=1S/C23H16ClFN2O2/c1-14-6-11-20(19(25)12-14)27-23-18(13-15-4-2-3-5-21(15)29-23)22(28)26-17-9-7-16(24)8-10-17/h2-13H,1H3,(H,26,28). The molecule has 0 atom stereocenters. The fourth-order valence-electron chi connectivity index (χ4n) is 2.86. The summed E-state index contributed by atoms with van der Waals surface area (Å²) in [6.45, 7) is 1.79. The number of hydrogen-bond donors (Lipinski definition) is 1. The van der Waals surface area contributed by atoms with E-state index in [-0.39, 0.29) is 16.8 Å². The minimum Gasteiger partial charge on any atom is -0.438 e. The van der Waals surface area contributed by atoms with Gasteiger partial charge in [-0.25, -0.2) is 9.38 Å². The van der Waals surface area contributed by atoms with Crippen LogP contribution in [0.1, 0.15) is 15.9 Å². The lowest BCUT2D eigenvalue weighted by Gasteiger charge is -2.07. The van der Waals surface area contributed by atoms with Gasteiger partial charge in [-0.2, -0.15) is 0 Å². The third-order valence-corrected chi connectivity index (χ3v) is 4.58. The number of fused-ring (bicyclic) bond motifs is 1. The highest BCUT2D eigenvalue weighted by atomic mass is 35.5. The highest BCUT2D eigenvalue weighted by Crippen LogP contribution is 2.20. The van der Waals surface area contributed by atoms with Crippen LogP contribution in [0.25, 0.3) is 11.0 Å². The lowest BCUT2D eigenvalue weighted by Crippen LogP contribution is -2.21. The van der Waals surface area contributed by atoms with Gasteiger partial charge in [-0.1, -0.05) is 35.9 Å². The molecule has 0 aliphatic carbocycles. The molecule has 0 saturated heterocycles. The summed E-state index contributed by atoms with van der Waals surface area (Å²) < 4.78 is 20.2. The average molecular weight is 407 g/mol. The topological polar surface area (TPSA) is 54.6 Å². The van der Waals surface area contributed by atoms with Crippen molar-refractivity contribution in [3.05, 3.63) is 100 Å². The summed E-state index contributed by atoms with van der Waals surface area (Å²) in [6.07, 6.45) is 0. The van der Waals surface area contributed by atoms with Crippen molar-refractivity contribution >= 4 is 39.9 Å². The number of benzene rings is 3. The smallest absolute Gasteiger partial charge is 0.261 e. The molecule has 1 N–H and O–H groups in total. The maximum atomic E-state index is 14.3. The molecule has 0 radical (unpaired) electrons. The molecule has 0 bridgehead atoms. The van der Waals surface area contributed by atoms with E-state index in [2.05, 4.69) is 10.3 Å². The van der Waals surface area contributed by atoms with Crippen LogP contribution >= 0.6 is 11.6 Å². The molecule has 29 heavy (non-hydrogen) atoms. The Morgan fingerprint density at radius 1 is 1.03 bits per heavy atom. The lowest BCUT2D eigenvalue weighted by atomic mass is 10.1. The van der Waals surface area contributed by atoms with Gasteiger partial charge in [0.2, 0.25) is 5.55 Å². The zero-order chi connectivity index (χ0) is 20.4. The van der Waals surface area contributed by atoms with Crippen molar-refractivity contribution in [3.63, 3.8) is 0 Å². The molecule has 0 aliphatic rings. The van der Waals surface area contributed by atoms with Crippen molar-refractivity contribution in [2.24, 2.45) is 4.99 Å². The SMILES string of the molecule is Cc1ccc(N=c2oc3ccccc3cc2C(=O)Nc2ccc(Cl)cc2)c(F)c1. The number of carbonyl (C=O) groups is 1. The first kappa shape index (κ1) is 18.9. The third kappa shape index (κ3) is 4.20. The van der Waals surface area contributed by atoms with Crippen LogP contribution in [-0.2, 0) is 0 Å². The molecule has 0 unspecified atom stereocenters. The zero-order valence-corrected chi connectivity index (χ0v) is 16.2. The Morgan fingerprint density at radius 2 is 1.79 bits per heavy atom. The second-order valence-electron chi connectivity index (χ2n) is 6.53. The maximum absolute atomic E-state index is 14.3. The first-order valence-electron chi connectivity index (χ1n) is 8.90. The molecular formula is C23H16ClFN2O2. The number of carbonyl (C=O) groups excluding carboxylic acids is 1. The predicted molar refractivity (Wildman–Crippen MR) is 112 cm³/mol. The van der Waals surface area contributed by atoms with Gasteiger partial charge in [0.1, 0.15) is 22.7 Å². The first-order chi connectivity index (χ1) is 14.0. The van der Waals surface area contributed by atoms with E-state index in [0.29, 0.717) is 16.3 Å². The summed E-state index contributed by atoms with van der Waals surface area (Å²) in [5.41, 5.74) is 2.20. The summed E-state index contributed by atoms with van der Waals surface area (Å²) in [7, 11) is 0. The molecule has 0 spiro atoms. The number of rotatable bonds is 3. The number of nitrogens with one attached hydrogen (secondary N) is 1. The number of aryl methyl sites for hydroxylation is 1. The van der Waals surface area contributed by atoms with Crippen LogP contribution in [-0.4, -0.2) is 5.91 Å². The number of anilines is 1. The van der Waals surface area contributed by atoms with E-state index < -0.39 is 11.7 Å². The monoisotopic (exact) mass is 406 g/mol. The largest absolute Gasteiger partial charge is 0.438 e. The quantitative estimate of drug-likeness (QED) is 0.452. The maximum Gasteiger partial charge on any atom is 0.261 e. The summed E-state index contributed by atoms with van der Waals surface area (Å²) in [5.74, 6) is -0.912. The Kier molecular flexibility index (Phi) is 5.14. The van der Waals surface area contributed by atoms with Crippen molar-refractivity contribution in [2.45, 2.75) is 6.92 Å². The van der Waals surface area contributed by atoms with Gasteiger partial charge in [0.15, 0.2) is 0 Å². The Labute approximate surface area is 171 Å². The fraction of sp³-hybridized carbons (Fsp3) is 0.0435. The van der Waals surface area contributed by atoms with Crippen molar-refractivity contribution < 1.29 is 13.6 Å². The molecule has 0 fully saturated rings. The summed E-state index contributed by atoms with van der Waals surface area (Å²) in [5, 5.41) is 4.09. The van der Waals surface area contributed by atoms with Gasteiger partial charge in [-0.15, -0.1) is 0 Å².